The summed E-state index contributed by atoms with van der Waals surface area (Å²) >= 11 is 0. The molecule has 0 aliphatic rings. The molecule has 0 spiro atoms. The third-order valence-corrected chi connectivity index (χ3v) is 3.74. The van der Waals surface area contributed by atoms with Crippen LogP contribution >= 0.6 is 24.0 Å². The molecule has 0 saturated heterocycles. The first-order chi connectivity index (χ1) is 13.0. The van der Waals surface area contributed by atoms with E-state index in [-0.39, 0.29) is 42.0 Å². The van der Waals surface area contributed by atoms with Crippen molar-refractivity contribution < 1.29 is 13.6 Å². The second-order valence-corrected chi connectivity index (χ2v) is 5.84. The lowest BCUT2D eigenvalue weighted by molar-refractivity contribution is 0.0955. The summed E-state index contributed by atoms with van der Waals surface area (Å²) in [5.74, 6) is -0.619. The third-order valence-electron chi connectivity index (χ3n) is 3.74. The van der Waals surface area contributed by atoms with Crippen LogP contribution in [0.5, 0.6) is 0 Å². The predicted molar refractivity (Wildman–Crippen MR) is 118 cm³/mol. The molecule has 0 heterocycles. The zero-order chi connectivity index (χ0) is 19.6. The first kappa shape index (κ1) is 23.8. The molecule has 2 rings (SSSR count). The molecule has 0 radical (unpaired) electrons. The lowest BCUT2D eigenvalue weighted by atomic mass is 10.1. The average Bonchev–Trinajstić information content (AvgIpc) is 2.67. The zero-order valence-corrected chi connectivity index (χ0v) is 18.2. The van der Waals surface area contributed by atoms with Crippen LogP contribution in [0.1, 0.15) is 35.3 Å². The molecule has 0 bridgehead atoms. The van der Waals surface area contributed by atoms with Gasteiger partial charge in [0.2, 0.25) is 0 Å². The van der Waals surface area contributed by atoms with E-state index in [1.165, 1.54) is 0 Å². The van der Waals surface area contributed by atoms with Gasteiger partial charge in [0.15, 0.2) is 5.96 Å². The van der Waals surface area contributed by atoms with Crippen LogP contribution in [0.3, 0.4) is 0 Å². The zero-order valence-electron chi connectivity index (χ0n) is 15.9. The molecule has 28 heavy (non-hydrogen) atoms. The van der Waals surface area contributed by atoms with Gasteiger partial charge in [-0.3, -0.25) is 4.79 Å². The van der Waals surface area contributed by atoms with Crippen LogP contribution in [0.4, 0.5) is 8.78 Å². The minimum absolute atomic E-state index is 0. The Morgan fingerprint density at radius 2 is 1.75 bits per heavy atom. The van der Waals surface area contributed by atoms with E-state index in [9.17, 15) is 13.6 Å². The van der Waals surface area contributed by atoms with E-state index in [0.29, 0.717) is 31.2 Å². The highest BCUT2D eigenvalue weighted by Gasteiger charge is 2.07. The van der Waals surface area contributed by atoms with Gasteiger partial charge in [0, 0.05) is 30.8 Å². The molecular weight excluding hydrogens is 477 g/mol. The third kappa shape index (κ3) is 7.41. The predicted octanol–water partition coefficient (Wildman–Crippen LogP) is 3.59. The van der Waals surface area contributed by atoms with Crippen molar-refractivity contribution in [3.63, 3.8) is 0 Å². The highest BCUT2D eigenvalue weighted by Crippen LogP contribution is 2.10. The molecule has 1 amide bonds. The van der Waals surface area contributed by atoms with Crippen LogP contribution in [-0.2, 0) is 13.1 Å². The molecule has 3 N–H and O–H groups in total. The molecule has 0 atom stereocenters. The molecule has 5 nitrogen and oxygen atoms in total. The summed E-state index contributed by atoms with van der Waals surface area (Å²) in [4.78, 5) is 16.4. The number of hydrogen-bond acceptors (Lipinski definition) is 2. The number of hydrogen-bond donors (Lipinski definition) is 3. The number of aliphatic imine (C=N–C) groups is 1. The van der Waals surface area contributed by atoms with Crippen molar-refractivity contribution in [2.45, 2.75) is 26.9 Å². The quantitative estimate of drug-likeness (QED) is 0.308. The van der Waals surface area contributed by atoms with Gasteiger partial charge in [-0.25, -0.2) is 13.8 Å². The van der Waals surface area contributed by atoms with Gasteiger partial charge >= 0.3 is 0 Å². The Balaban J connectivity index is 0.00000392. The van der Waals surface area contributed by atoms with Crippen molar-refractivity contribution in [1.29, 1.82) is 0 Å². The molecule has 0 fully saturated rings. The number of rotatable bonds is 7. The fraction of sp³-hybridized carbons (Fsp3) is 0.300. The molecule has 8 heteroatoms. The topological polar surface area (TPSA) is 65.5 Å². The van der Waals surface area contributed by atoms with Gasteiger partial charge in [0.1, 0.15) is 11.6 Å². The second kappa shape index (κ2) is 12.3. The van der Waals surface area contributed by atoms with E-state index < -0.39 is 11.6 Å². The molecule has 0 aliphatic carbocycles. The summed E-state index contributed by atoms with van der Waals surface area (Å²) in [6, 6.07) is 10.5. The number of carbonyl (C=O) groups excluding carboxylic acids is 1. The van der Waals surface area contributed by atoms with Crippen LogP contribution in [0.2, 0.25) is 0 Å². The molecule has 152 valence electrons. The van der Waals surface area contributed by atoms with Gasteiger partial charge in [0.25, 0.3) is 5.91 Å². The van der Waals surface area contributed by atoms with E-state index in [2.05, 4.69) is 20.9 Å². The Morgan fingerprint density at radius 1 is 1.00 bits per heavy atom. The fourth-order valence-electron chi connectivity index (χ4n) is 2.44. The van der Waals surface area contributed by atoms with E-state index in [0.717, 1.165) is 23.8 Å². The highest BCUT2D eigenvalue weighted by molar-refractivity contribution is 14.0. The molecule has 0 aliphatic heterocycles. The van der Waals surface area contributed by atoms with E-state index in [4.69, 9.17) is 0 Å². The van der Waals surface area contributed by atoms with Crippen LogP contribution in [0, 0.1) is 11.6 Å². The summed E-state index contributed by atoms with van der Waals surface area (Å²) in [5.41, 5.74) is 1.66. The molecule has 0 unspecified atom stereocenters. The van der Waals surface area contributed by atoms with Gasteiger partial charge in [-0.15, -0.1) is 24.0 Å². The smallest absolute Gasteiger partial charge is 0.251 e. The number of nitrogens with one attached hydrogen (secondary N) is 3. The summed E-state index contributed by atoms with van der Waals surface area (Å²) in [6.07, 6.45) is 0. The monoisotopic (exact) mass is 502 g/mol. The van der Waals surface area contributed by atoms with Crippen LogP contribution < -0.4 is 16.0 Å². The second-order valence-electron chi connectivity index (χ2n) is 5.84. The number of carbonyl (C=O) groups is 1. The van der Waals surface area contributed by atoms with E-state index in [1.807, 2.05) is 19.9 Å². The maximum absolute atomic E-state index is 13.7. The Bertz CT molecular complexity index is 815. The first-order valence-corrected chi connectivity index (χ1v) is 8.86. The maximum Gasteiger partial charge on any atom is 0.251 e. The van der Waals surface area contributed by atoms with Crippen molar-refractivity contribution in [2.75, 3.05) is 13.1 Å². The van der Waals surface area contributed by atoms with Crippen molar-refractivity contribution in [1.82, 2.24) is 16.0 Å². The number of halogens is 3. The minimum atomic E-state index is -0.489. The number of guanidine groups is 1. The number of benzene rings is 2. The minimum Gasteiger partial charge on any atom is -0.357 e. The van der Waals surface area contributed by atoms with Crippen LogP contribution in [0.15, 0.2) is 47.5 Å². The number of amides is 1. The summed E-state index contributed by atoms with van der Waals surface area (Å²) in [5, 5.41) is 8.80. The Labute approximate surface area is 181 Å². The molecule has 2 aromatic carbocycles. The molecule has 0 saturated carbocycles. The summed E-state index contributed by atoms with van der Waals surface area (Å²) in [7, 11) is 0. The standard InChI is InChI=1S/C20H24F2N4O.HI/c1-3-23-19(27)15-7-5-6-14(10-15)12-25-20(24-4-2)26-13-16-11-17(21)8-9-18(16)22;/h5-11H,3-4,12-13H2,1-2H3,(H,23,27)(H2,24,25,26);1H. The van der Waals surface area contributed by atoms with E-state index >= 15 is 0 Å². The fourth-order valence-corrected chi connectivity index (χ4v) is 2.44. The number of nitrogens with zero attached hydrogens (tertiary/aromatic N) is 1. The summed E-state index contributed by atoms with van der Waals surface area (Å²) in [6.45, 7) is 5.41. The van der Waals surface area contributed by atoms with Crippen molar-refractivity contribution in [3.8, 4) is 0 Å². The lowest BCUT2D eigenvalue weighted by Crippen LogP contribution is -2.37. The molecule has 0 aromatic heterocycles. The van der Waals surface area contributed by atoms with Crippen LogP contribution in [0.25, 0.3) is 0 Å². The first-order valence-electron chi connectivity index (χ1n) is 8.86. The Morgan fingerprint density at radius 3 is 2.46 bits per heavy atom. The summed E-state index contributed by atoms with van der Waals surface area (Å²) < 4.78 is 27.0. The van der Waals surface area contributed by atoms with Gasteiger partial charge < -0.3 is 16.0 Å². The maximum atomic E-state index is 13.7. The van der Waals surface area contributed by atoms with Gasteiger partial charge in [-0.1, -0.05) is 12.1 Å². The average molecular weight is 502 g/mol. The Kier molecular flexibility index (Phi) is 10.4. The van der Waals surface area contributed by atoms with Crippen LogP contribution in [-0.4, -0.2) is 25.0 Å². The van der Waals surface area contributed by atoms with E-state index in [1.54, 1.807) is 18.2 Å². The molecule has 2 aromatic rings. The van der Waals surface area contributed by atoms with Crippen molar-refractivity contribution in [3.05, 3.63) is 70.8 Å². The van der Waals surface area contributed by atoms with Gasteiger partial charge in [0.05, 0.1) is 6.54 Å². The molecular formula is C20H25F2IN4O. The SMILES string of the molecule is CCNC(=O)c1cccc(CN=C(NCC)NCc2cc(F)ccc2F)c1.I. The lowest BCUT2D eigenvalue weighted by Gasteiger charge is -2.12. The van der Waals surface area contributed by atoms with Gasteiger partial charge in [-0.05, 0) is 49.7 Å². The van der Waals surface area contributed by atoms with Crippen molar-refractivity contribution in [2.24, 2.45) is 4.99 Å². The Hall–Kier alpha value is -2.23. The van der Waals surface area contributed by atoms with Gasteiger partial charge in [-0.2, -0.15) is 0 Å². The highest BCUT2D eigenvalue weighted by atomic mass is 127. The normalized spacial score (nSPS) is 10.8. The largest absolute Gasteiger partial charge is 0.357 e. The van der Waals surface area contributed by atoms with Crippen molar-refractivity contribution >= 4 is 35.8 Å².